The maximum Gasteiger partial charge on any atom is 0.238 e. The van der Waals surface area contributed by atoms with E-state index in [1.165, 1.54) is 12.8 Å². The maximum atomic E-state index is 6.32. The smallest absolute Gasteiger partial charge is 0.238 e. The molecule has 3 rings (SSSR count). The van der Waals surface area contributed by atoms with Crippen LogP contribution in [0.15, 0.2) is 22.6 Å². The van der Waals surface area contributed by atoms with Crippen LogP contribution in [0.5, 0.6) is 5.75 Å². The zero-order chi connectivity index (χ0) is 15.5. The van der Waals surface area contributed by atoms with Gasteiger partial charge in [0.05, 0.1) is 11.1 Å². The first-order valence-electron chi connectivity index (χ1n) is 7.64. The van der Waals surface area contributed by atoms with Gasteiger partial charge in [-0.05, 0) is 50.8 Å². The molecule has 2 aromatic rings. The summed E-state index contributed by atoms with van der Waals surface area (Å²) in [7, 11) is 0. The quantitative estimate of drug-likeness (QED) is 0.877. The van der Waals surface area contributed by atoms with E-state index in [2.05, 4.69) is 15.5 Å². The van der Waals surface area contributed by atoms with E-state index < -0.39 is 0 Å². The fourth-order valence-electron chi connectivity index (χ4n) is 2.67. The van der Waals surface area contributed by atoms with E-state index >= 15 is 0 Å². The number of nitrogens with zero attached hydrogens (tertiary/aromatic N) is 2. The van der Waals surface area contributed by atoms with Gasteiger partial charge in [0, 0.05) is 12.6 Å². The van der Waals surface area contributed by atoms with Crippen molar-refractivity contribution in [3.05, 3.63) is 35.0 Å². The molecule has 1 atom stereocenters. The second-order valence-electron chi connectivity index (χ2n) is 5.69. The molecule has 0 radical (unpaired) electrons. The van der Waals surface area contributed by atoms with Crippen molar-refractivity contribution in [2.75, 3.05) is 5.32 Å². The maximum absolute atomic E-state index is 6.32. The molecule has 0 amide bonds. The lowest BCUT2D eigenvalue weighted by molar-refractivity contribution is 0.210. The third kappa shape index (κ3) is 3.53. The molecule has 1 aromatic carbocycles. The van der Waals surface area contributed by atoms with E-state index in [1.807, 2.05) is 25.1 Å². The Kier molecular flexibility index (Phi) is 4.52. The van der Waals surface area contributed by atoms with E-state index in [0.717, 1.165) is 24.3 Å². The Morgan fingerprint density at radius 1 is 1.32 bits per heavy atom. The fourth-order valence-corrected chi connectivity index (χ4v) is 2.90. The lowest BCUT2D eigenvalue weighted by Crippen LogP contribution is -2.11. The summed E-state index contributed by atoms with van der Waals surface area (Å²) in [6.45, 7) is 3.74. The van der Waals surface area contributed by atoms with Crippen molar-refractivity contribution in [1.29, 1.82) is 0 Å². The predicted octanol–water partition coefficient (Wildman–Crippen LogP) is 4.53. The third-order valence-corrected chi connectivity index (χ3v) is 4.12. The van der Waals surface area contributed by atoms with Gasteiger partial charge < -0.3 is 14.5 Å². The Hall–Kier alpha value is -1.75. The van der Waals surface area contributed by atoms with Gasteiger partial charge in [0.2, 0.25) is 11.8 Å². The second kappa shape index (κ2) is 6.57. The van der Waals surface area contributed by atoms with Crippen LogP contribution in [0.2, 0.25) is 5.02 Å². The van der Waals surface area contributed by atoms with E-state index in [-0.39, 0.29) is 6.04 Å². The van der Waals surface area contributed by atoms with Crippen LogP contribution < -0.4 is 10.1 Å². The van der Waals surface area contributed by atoms with Gasteiger partial charge in [0.25, 0.3) is 0 Å². The molecule has 5 nitrogen and oxygen atoms in total. The summed E-state index contributed by atoms with van der Waals surface area (Å²) in [4.78, 5) is 0. The summed E-state index contributed by atoms with van der Waals surface area (Å²) in [6.07, 6.45) is 5.01. The minimum atomic E-state index is -0.0844. The molecule has 0 unspecified atom stereocenters. The highest BCUT2D eigenvalue weighted by atomic mass is 35.5. The molecule has 1 saturated carbocycles. The van der Waals surface area contributed by atoms with Crippen LogP contribution in [0.1, 0.15) is 50.4 Å². The molecule has 1 heterocycles. The predicted molar refractivity (Wildman–Crippen MR) is 85.4 cm³/mol. The van der Waals surface area contributed by atoms with Crippen LogP contribution in [-0.2, 0) is 0 Å². The molecule has 118 valence electrons. The molecule has 1 N–H and O–H groups in total. The summed E-state index contributed by atoms with van der Waals surface area (Å²) in [5, 5.41) is 11.8. The van der Waals surface area contributed by atoms with Gasteiger partial charge >= 0.3 is 0 Å². The molecule has 22 heavy (non-hydrogen) atoms. The number of aryl methyl sites for hydroxylation is 1. The van der Waals surface area contributed by atoms with Gasteiger partial charge in [-0.1, -0.05) is 11.6 Å². The normalized spacial score (nSPS) is 16.7. The first-order chi connectivity index (χ1) is 10.6. The molecule has 0 aliphatic heterocycles. The second-order valence-corrected chi connectivity index (χ2v) is 6.10. The van der Waals surface area contributed by atoms with Crippen LogP contribution in [0.3, 0.4) is 0 Å². The van der Waals surface area contributed by atoms with Crippen LogP contribution in [0, 0.1) is 6.92 Å². The van der Waals surface area contributed by atoms with E-state index in [1.54, 1.807) is 6.92 Å². The van der Waals surface area contributed by atoms with Gasteiger partial charge in [0.15, 0.2) is 0 Å². The minimum Gasteiger partial charge on any atom is -0.489 e. The third-order valence-electron chi connectivity index (χ3n) is 3.82. The van der Waals surface area contributed by atoms with Gasteiger partial charge in [-0.2, -0.15) is 0 Å². The zero-order valence-corrected chi connectivity index (χ0v) is 13.6. The number of anilines is 1. The molecule has 1 aromatic heterocycles. The molecule has 0 bridgehead atoms. The number of hydrogen-bond acceptors (Lipinski definition) is 5. The minimum absolute atomic E-state index is 0.0844. The monoisotopic (exact) mass is 321 g/mol. The highest BCUT2D eigenvalue weighted by Gasteiger charge is 2.18. The first-order valence-corrected chi connectivity index (χ1v) is 8.02. The Bertz CT molecular complexity index is 638. The summed E-state index contributed by atoms with van der Waals surface area (Å²) in [5.41, 5.74) is 0.895. The van der Waals surface area contributed by atoms with Crippen molar-refractivity contribution in [2.24, 2.45) is 0 Å². The van der Waals surface area contributed by atoms with Crippen molar-refractivity contribution in [3.8, 4) is 5.75 Å². The van der Waals surface area contributed by atoms with E-state index in [0.29, 0.717) is 22.9 Å². The van der Waals surface area contributed by atoms with Gasteiger partial charge in [-0.15, -0.1) is 10.2 Å². The highest BCUT2D eigenvalue weighted by Crippen LogP contribution is 2.32. The van der Waals surface area contributed by atoms with Crippen molar-refractivity contribution < 1.29 is 9.15 Å². The van der Waals surface area contributed by atoms with Gasteiger partial charge in [0.1, 0.15) is 11.8 Å². The van der Waals surface area contributed by atoms with Crippen molar-refractivity contribution in [1.82, 2.24) is 10.2 Å². The molecule has 1 fully saturated rings. The number of ether oxygens (including phenoxy) is 1. The molecule has 0 spiro atoms. The highest BCUT2D eigenvalue weighted by molar-refractivity contribution is 6.32. The molecule has 6 heteroatoms. The average Bonchev–Trinajstić information content (AvgIpc) is 3.13. The fraction of sp³-hybridized carbons (Fsp3) is 0.500. The standard InChI is InChI=1S/C16H20ClN3O2/c1-10(16-20-19-11(2)21-16)18-12-7-8-15(14(17)9-12)22-13-5-3-4-6-13/h7-10,13,18H,3-6H2,1-2H3/t10-/m0/s1. The lowest BCUT2D eigenvalue weighted by atomic mass is 10.2. The zero-order valence-electron chi connectivity index (χ0n) is 12.8. The molecular weight excluding hydrogens is 302 g/mol. The summed E-state index contributed by atoms with van der Waals surface area (Å²) in [5.74, 6) is 1.86. The van der Waals surface area contributed by atoms with Crippen molar-refractivity contribution in [2.45, 2.75) is 51.7 Å². The van der Waals surface area contributed by atoms with Gasteiger partial charge in [-0.3, -0.25) is 0 Å². The van der Waals surface area contributed by atoms with Crippen LogP contribution in [0.4, 0.5) is 5.69 Å². The molecule has 0 saturated heterocycles. The number of halogens is 1. The van der Waals surface area contributed by atoms with Gasteiger partial charge in [-0.25, -0.2) is 0 Å². The van der Waals surface area contributed by atoms with Crippen molar-refractivity contribution >= 4 is 17.3 Å². The Labute approximate surface area is 135 Å². The summed E-state index contributed by atoms with van der Waals surface area (Å²) in [6, 6.07) is 5.65. The largest absolute Gasteiger partial charge is 0.489 e. The topological polar surface area (TPSA) is 60.2 Å². The number of aromatic nitrogens is 2. The SMILES string of the molecule is Cc1nnc([C@H](C)Nc2ccc(OC3CCCC3)c(Cl)c2)o1. The number of hydrogen-bond donors (Lipinski definition) is 1. The average molecular weight is 322 g/mol. The van der Waals surface area contributed by atoms with E-state index in [9.17, 15) is 0 Å². The number of rotatable bonds is 5. The van der Waals surface area contributed by atoms with E-state index in [4.69, 9.17) is 20.8 Å². The lowest BCUT2D eigenvalue weighted by Gasteiger charge is -2.16. The molecule has 1 aliphatic rings. The summed E-state index contributed by atoms with van der Waals surface area (Å²) >= 11 is 6.32. The number of benzene rings is 1. The van der Waals surface area contributed by atoms with Crippen LogP contribution >= 0.6 is 11.6 Å². The Morgan fingerprint density at radius 2 is 2.09 bits per heavy atom. The summed E-state index contributed by atoms with van der Waals surface area (Å²) < 4.78 is 11.4. The number of nitrogens with one attached hydrogen (secondary N) is 1. The first kappa shape index (κ1) is 15.2. The Balaban J connectivity index is 1.66. The molecular formula is C16H20ClN3O2. The van der Waals surface area contributed by atoms with Crippen LogP contribution in [-0.4, -0.2) is 16.3 Å². The van der Waals surface area contributed by atoms with Crippen LogP contribution in [0.25, 0.3) is 0 Å². The van der Waals surface area contributed by atoms with Crippen molar-refractivity contribution in [3.63, 3.8) is 0 Å². The Morgan fingerprint density at radius 3 is 2.73 bits per heavy atom. The molecule has 1 aliphatic carbocycles.